The summed E-state index contributed by atoms with van der Waals surface area (Å²) in [4.78, 5) is 0. The zero-order valence-corrected chi connectivity index (χ0v) is 18.2. The zero-order chi connectivity index (χ0) is 19.9. The van der Waals surface area contributed by atoms with Crippen molar-refractivity contribution in [1.82, 2.24) is 0 Å². The third-order valence-electron chi connectivity index (χ3n) is 5.44. The quantitative estimate of drug-likeness (QED) is 0.203. The molecule has 27 heavy (non-hydrogen) atoms. The van der Waals surface area contributed by atoms with Gasteiger partial charge >= 0.3 is 7.12 Å². The van der Waals surface area contributed by atoms with Crippen LogP contribution in [0.2, 0.25) is 0 Å². The van der Waals surface area contributed by atoms with E-state index >= 15 is 0 Å². The van der Waals surface area contributed by atoms with Crippen LogP contribution in [0.3, 0.4) is 0 Å². The normalized spacial score (nSPS) is 20.0. The zero-order valence-electron chi connectivity index (χ0n) is 17.3. The van der Waals surface area contributed by atoms with Gasteiger partial charge in [-0.15, -0.1) is 0 Å². The third kappa shape index (κ3) is 5.98. The van der Waals surface area contributed by atoms with Gasteiger partial charge in [-0.25, -0.2) is 0 Å². The van der Waals surface area contributed by atoms with Gasteiger partial charge in [0.1, 0.15) is 0 Å². The molecule has 0 aliphatic carbocycles. The molecule has 1 saturated heterocycles. The third-order valence-corrected chi connectivity index (χ3v) is 5.71. The van der Waals surface area contributed by atoms with E-state index in [4.69, 9.17) is 13.5 Å². The van der Waals surface area contributed by atoms with Crippen LogP contribution in [0.4, 0.5) is 0 Å². The highest BCUT2D eigenvalue weighted by Gasteiger charge is 2.52. The Balaban J connectivity index is 2.06. The number of thiol groups is 1. The predicted octanol–water partition coefficient (Wildman–Crippen LogP) is 5.37. The number of allylic oxidation sites excluding steroid dienone is 2. The summed E-state index contributed by atoms with van der Waals surface area (Å²) in [6, 6.07) is 8.20. The van der Waals surface area contributed by atoms with Crippen LogP contribution in [0, 0.1) is 0 Å². The molecule has 1 fully saturated rings. The topological polar surface area (TPSA) is 27.7 Å². The number of rotatable bonds is 9. The predicted molar refractivity (Wildman–Crippen MR) is 118 cm³/mol. The molecule has 0 spiro atoms. The van der Waals surface area contributed by atoms with Crippen molar-refractivity contribution < 1.29 is 13.5 Å². The van der Waals surface area contributed by atoms with Crippen LogP contribution >= 0.6 is 12.9 Å². The maximum absolute atomic E-state index is 6.20. The molecular weight excluding hydrogens is 355 g/mol. The highest BCUT2D eigenvalue weighted by atomic mass is 32.1. The Morgan fingerprint density at radius 2 is 1.74 bits per heavy atom. The Morgan fingerprint density at radius 1 is 1.07 bits per heavy atom. The van der Waals surface area contributed by atoms with Gasteiger partial charge in [0.25, 0.3) is 0 Å². The summed E-state index contributed by atoms with van der Waals surface area (Å²) >= 11 is 3.99. The molecule has 0 aromatic heterocycles. The molecule has 0 amide bonds. The van der Waals surface area contributed by atoms with Crippen LogP contribution in [0.15, 0.2) is 42.5 Å². The smallest absolute Gasteiger partial charge is 0.399 e. The molecular formula is C22H33BO3S. The van der Waals surface area contributed by atoms with Crippen molar-refractivity contribution in [3.63, 3.8) is 0 Å². The fourth-order valence-corrected chi connectivity index (χ4v) is 3.15. The summed E-state index contributed by atoms with van der Waals surface area (Å²) in [7, 11) is -0.359. The average molecular weight is 388 g/mol. The van der Waals surface area contributed by atoms with Crippen molar-refractivity contribution in [2.75, 3.05) is 0 Å². The van der Waals surface area contributed by atoms with Gasteiger partial charge < -0.3 is 13.5 Å². The van der Waals surface area contributed by atoms with E-state index in [1.54, 1.807) is 0 Å². The maximum atomic E-state index is 6.20. The highest BCUT2D eigenvalue weighted by molar-refractivity contribution is 7.75. The molecule has 0 N–H and O–H groups in total. The molecule has 5 heteroatoms. The molecule has 0 unspecified atom stereocenters. The van der Waals surface area contributed by atoms with Crippen LogP contribution in [-0.4, -0.2) is 24.4 Å². The molecule has 0 radical (unpaired) electrons. The lowest BCUT2D eigenvalue weighted by atomic mass is 9.76. The summed E-state index contributed by atoms with van der Waals surface area (Å²) < 4.78 is 17.6. The number of hydrogen-bond donors (Lipinski definition) is 1. The summed E-state index contributed by atoms with van der Waals surface area (Å²) in [6.07, 6.45) is 12.8. The monoisotopic (exact) mass is 388 g/mol. The largest absolute Gasteiger partial charge is 0.495 e. The van der Waals surface area contributed by atoms with E-state index in [1.165, 1.54) is 12.8 Å². The molecule has 3 nitrogen and oxygen atoms in total. The molecule has 0 bridgehead atoms. The lowest BCUT2D eigenvalue weighted by Gasteiger charge is -2.32. The summed E-state index contributed by atoms with van der Waals surface area (Å²) in [5.41, 5.74) is 1.45. The summed E-state index contributed by atoms with van der Waals surface area (Å²) in [6.45, 7) is 10.5. The average Bonchev–Trinajstić information content (AvgIpc) is 2.85. The second-order valence-corrected chi connectivity index (χ2v) is 8.31. The molecule has 1 heterocycles. The standard InChI is InChI=1S/C22H33BO3S/c1-6-7-8-15-19(24-27)16-11-9-13-18-14-10-12-17-20(18)23-25-21(2,3)22(4,5)26-23/h9-14,16-17,19,27H,6-8,15H2,1-5H3/b13-9+,16-11+/t19-/m1/s1. The van der Waals surface area contributed by atoms with Gasteiger partial charge in [-0.2, -0.15) is 0 Å². The maximum Gasteiger partial charge on any atom is 0.495 e. The van der Waals surface area contributed by atoms with E-state index in [0.29, 0.717) is 0 Å². The van der Waals surface area contributed by atoms with Crippen LogP contribution < -0.4 is 5.46 Å². The van der Waals surface area contributed by atoms with Crippen LogP contribution in [0.5, 0.6) is 0 Å². The first-order valence-corrected chi connectivity index (χ1v) is 10.3. The van der Waals surface area contributed by atoms with Gasteiger partial charge in [0.05, 0.1) is 17.3 Å². The second kappa shape index (κ2) is 9.97. The Hall–Kier alpha value is -1.01. The molecule has 1 aromatic carbocycles. The van der Waals surface area contributed by atoms with E-state index in [9.17, 15) is 0 Å². The first kappa shape index (κ1) is 22.3. The van der Waals surface area contributed by atoms with Gasteiger partial charge in [-0.3, -0.25) is 0 Å². The van der Waals surface area contributed by atoms with Crippen molar-refractivity contribution in [1.29, 1.82) is 0 Å². The fourth-order valence-electron chi connectivity index (χ4n) is 2.97. The van der Waals surface area contributed by atoms with E-state index in [2.05, 4.69) is 71.8 Å². The van der Waals surface area contributed by atoms with Gasteiger partial charge in [-0.1, -0.05) is 74.8 Å². The van der Waals surface area contributed by atoms with Gasteiger partial charge in [0.15, 0.2) is 0 Å². The molecule has 1 aliphatic rings. The van der Waals surface area contributed by atoms with E-state index < -0.39 is 0 Å². The lowest BCUT2D eigenvalue weighted by Crippen LogP contribution is -2.41. The first-order chi connectivity index (χ1) is 12.8. The van der Waals surface area contributed by atoms with E-state index in [0.717, 1.165) is 23.9 Å². The minimum Gasteiger partial charge on any atom is -0.399 e. The van der Waals surface area contributed by atoms with Crippen molar-refractivity contribution in [3.8, 4) is 0 Å². The molecule has 1 atom stereocenters. The number of unbranched alkanes of at least 4 members (excludes halogenated alkanes) is 2. The molecule has 2 rings (SSSR count). The second-order valence-electron chi connectivity index (χ2n) is 8.10. The Morgan fingerprint density at radius 3 is 2.37 bits per heavy atom. The first-order valence-electron chi connectivity index (χ1n) is 9.90. The molecule has 148 valence electrons. The van der Waals surface area contributed by atoms with Gasteiger partial charge in [-0.05, 0) is 58.1 Å². The van der Waals surface area contributed by atoms with Crippen molar-refractivity contribution in [2.24, 2.45) is 0 Å². The highest BCUT2D eigenvalue weighted by Crippen LogP contribution is 2.36. The Bertz CT molecular complexity index is 639. The van der Waals surface area contributed by atoms with Crippen LogP contribution in [0.1, 0.15) is 65.9 Å². The SMILES string of the molecule is CCCCC[C@H](/C=C/C=C/c1ccccc1B1OC(C)(C)C(C)(C)O1)OS. The fraction of sp³-hybridized carbons (Fsp3) is 0.545. The van der Waals surface area contributed by atoms with Gasteiger partial charge in [0.2, 0.25) is 0 Å². The van der Waals surface area contributed by atoms with Crippen molar-refractivity contribution >= 4 is 31.6 Å². The minimum absolute atomic E-state index is 0.0443. The summed E-state index contributed by atoms with van der Waals surface area (Å²) in [5, 5.41) is 0. The Kier molecular flexibility index (Phi) is 8.23. The number of hydrogen-bond acceptors (Lipinski definition) is 4. The van der Waals surface area contributed by atoms with Gasteiger partial charge in [0, 0.05) is 0 Å². The Labute approximate surface area is 170 Å². The van der Waals surface area contributed by atoms with Crippen LogP contribution in [0.25, 0.3) is 6.08 Å². The molecule has 1 aliphatic heterocycles. The molecule has 0 saturated carbocycles. The number of benzene rings is 1. The lowest BCUT2D eigenvalue weighted by molar-refractivity contribution is 0.00578. The van der Waals surface area contributed by atoms with Crippen molar-refractivity contribution in [3.05, 3.63) is 48.1 Å². The molecule has 1 aromatic rings. The summed E-state index contributed by atoms with van der Waals surface area (Å²) in [5.74, 6) is 0. The van der Waals surface area contributed by atoms with E-state index in [-0.39, 0.29) is 24.4 Å². The van der Waals surface area contributed by atoms with E-state index in [1.807, 2.05) is 24.3 Å². The van der Waals surface area contributed by atoms with Crippen LogP contribution in [-0.2, 0) is 13.5 Å². The van der Waals surface area contributed by atoms with Crippen molar-refractivity contribution in [2.45, 2.75) is 77.6 Å². The minimum atomic E-state index is -0.359.